The van der Waals surface area contributed by atoms with E-state index in [4.69, 9.17) is 0 Å². The van der Waals surface area contributed by atoms with Crippen LogP contribution in [0.15, 0.2) is 0 Å². The Morgan fingerprint density at radius 2 is 1.15 bits per heavy atom. The fraction of sp³-hybridized carbons (Fsp3) is 1.00. The highest BCUT2D eigenvalue weighted by Gasteiger charge is 2.49. The van der Waals surface area contributed by atoms with Gasteiger partial charge in [0.15, 0.2) is 0 Å². The Bertz CT molecular complexity index is 122. The second-order valence-electron chi connectivity index (χ2n) is 4.33. The molecule has 0 heterocycles. The zero-order valence-electron chi connectivity index (χ0n) is 9.84. The van der Waals surface area contributed by atoms with Crippen LogP contribution in [0, 0.1) is 23.7 Å². The van der Waals surface area contributed by atoms with Gasteiger partial charge in [-0.2, -0.15) is 0 Å². The lowest BCUT2D eigenvalue weighted by Crippen LogP contribution is -2.08. The first kappa shape index (κ1) is 11.1. The summed E-state index contributed by atoms with van der Waals surface area (Å²) in [6, 6.07) is 0. The molecule has 3 saturated carbocycles. The van der Waals surface area contributed by atoms with E-state index < -0.39 is 0 Å². The highest BCUT2D eigenvalue weighted by molar-refractivity contribution is 4.99. The van der Waals surface area contributed by atoms with Crippen LogP contribution in [0.4, 0.5) is 0 Å². The predicted octanol–water partition coefficient (Wildman–Crippen LogP) is 4.49. The fourth-order valence-corrected chi connectivity index (χ4v) is 3.74. The SMILES string of the molecule is C1CC2CC3CC1C2C3.CC.CC. The van der Waals surface area contributed by atoms with Crippen molar-refractivity contribution in [3.05, 3.63) is 0 Å². The molecule has 0 spiro atoms. The van der Waals surface area contributed by atoms with Crippen molar-refractivity contribution in [3.8, 4) is 0 Å². The average Bonchev–Trinajstić information content (AvgIpc) is 2.81. The van der Waals surface area contributed by atoms with Crippen LogP contribution in [-0.2, 0) is 0 Å². The molecule has 78 valence electrons. The molecule has 0 amide bonds. The summed E-state index contributed by atoms with van der Waals surface area (Å²) in [7, 11) is 0. The Labute approximate surface area is 84.1 Å². The zero-order valence-corrected chi connectivity index (χ0v) is 9.84. The van der Waals surface area contributed by atoms with Crippen LogP contribution in [0.5, 0.6) is 0 Å². The van der Waals surface area contributed by atoms with Gasteiger partial charge in [0.2, 0.25) is 0 Å². The third-order valence-corrected chi connectivity index (χ3v) is 4.00. The number of fused-ring (bicyclic) bond motifs is 1. The summed E-state index contributed by atoms with van der Waals surface area (Å²) in [6.45, 7) is 8.00. The van der Waals surface area contributed by atoms with E-state index in [9.17, 15) is 0 Å². The minimum absolute atomic E-state index is 1.19. The highest BCUT2D eigenvalue weighted by atomic mass is 14.5. The molecule has 3 aliphatic carbocycles. The molecule has 0 aromatic rings. The second kappa shape index (κ2) is 5.02. The molecule has 2 bridgehead atoms. The maximum absolute atomic E-state index is 2.00. The molecular formula is C13H26. The van der Waals surface area contributed by atoms with Crippen molar-refractivity contribution in [2.75, 3.05) is 0 Å². The normalized spacial score (nSPS) is 43.4. The van der Waals surface area contributed by atoms with E-state index in [-0.39, 0.29) is 0 Å². The van der Waals surface area contributed by atoms with E-state index in [2.05, 4.69) is 0 Å². The number of rotatable bonds is 0. The first-order chi connectivity index (χ1) is 6.43. The van der Waals surface area contributed by atoms with Crippen LogP contribution in [0.25, 0.3) is 0 Å². The van der Waals surface area contributed by atoms with Gasteiger partial charge >= 0.3 is 0 Å². The van der Waals surface area contributed by atoms with E-state index in [0.29, 0.717) is 0 Å². The molecule has 0 aliphatic heterocycles. The zero-order chi connectivity index (χ0) is 9.84. The van der Waals surface area contributed by atoms with E-state index in [1.807, 2.05) is 27.7 Å². The van der Waals surface area contributed by atoms with E-state index in [0.717, 1.165) is 0 Å². The lowest BCUT2D eigenvalue weighted by Gasteiger charge is -2.16. The van der Waals surface area contributed by atoms with Crippen molar-refractivity contribution in [1.29, 1.82) is 0 Å². The van der Waals surface area contributed by atoms with Crippen LogP contribution in [-0.4, -0.2) is 0 Å². The molecule has 3 fully saturated rings. The number of hydrogen-bond donors (Lipinski definition) is 0. The Hall–Kier alpha value is 0. The van der Waals surface area contributed by atoms with Gasteiger partial charge in [0.05, 0.1) is 0 Å². The summed E-state index contributed by atoms with van der Waals surface area (Å²) < 4.78 is 0. The molecule has 0 aromatic carbocycles. The van der Waals surface area contributed by atoms with Crippen LogP contribution >= 0.6 is 0 Å². The first-order valence-corrected chi connectivity index (χ1v) is 6.43. The first-order valence-electron chi connectivity index (χ1n) is 6.43. The van der Waals surface area contributed by atoms with Crippen molar-refractivity contribution in [1.82, 2.24) is 0 Å². The summed E-state index contributed by atoms with van der Waals surface area (Å²) >= 11 is 0. The third kappa shape index (κ3) is 1.92. The standard InChI is InChI=1S/C9H14.2C2H6/c1-2-8-4-6-3-7(1)9(8)5-6;2*1-2/h6-9H,1-5H2;2*1-2H3. The Morgan fingerprint density at radius 1 is 0.692 bits per heavy atom. The average molecular weight is 182 g/mol. The van der Waals surface area contributed by atoms with Gasteiger partial charge in [-0.15, -0.1) is 0 Å². The van der Waals surface area contributed by atoms with Crippen molar-refractivity contribution >= 4 is 0 Å². The quantitative estimate of drug-likeness (QED) is 0.517. The smallest absolute Gasteiger partial charge is 0.0355 e. The predicted molar refractivity (Wildman–Crippen MR) is 59.7 cm³/mol. The van der Waals surface area contributed by atoms with Gasteiger partial charge in [-0.25, -0.2) is 0 Å². The fourth-order valence-electron chi connectivity index (χ4n) is 3.74. The van der Waals surface area contributed by atoms with E-state index in [1.54, 1.807) is 32.1 Å². The molecule has 3 aliphatic rings. The molecule has 2 atom stereocenters. The number of hydrogen-bond acceptors (Lipinski definition) is 0. The van der Waals surface area contributed by atoms with Crippen LogP contribution in [0.3, 0.4) is 0 Å². The van der Waals surface area contributed by atoms with Crippen LogP contribution in [0.2, 0.25) is 0 Å². The van der Waals surface area contributed by atoms with Crippen molar-refractivity contribution < 1.29 is 0 Å². The van der Waals surface area contributed by atoms with Gasteiger partial charge < -0.3 is 0 Å². The Morgan fingerprint density at radius 3 is 1.46 bits per heavy atom. The molecule has 0 radical (unpaired) electrons. The topological polar surface area (TPSA) is 0 Å². The molecule has 0 N–H and O–H groups in total. The second-order valence-corrected chi connectivity index (χ2v) is 4.33. The molecule has 0 saturated heterocycles. The maximum Gasteiger partial charge on any atom is -0.0355 e. The van der Waals surface area contributed by atoms with Gasteiger partial charge in [0, 0.05) is 0 Å². The van der Waals surface area contributed by atoms with Gasteiger partial charge in [0.25, 0.3) is 0 Å². The summed E-state index contributed by atoms with van der Waals surface area (Å²) in [4.78, 5) is 0. The molecule has 0 aromatic heterocycles. The van der Waals surface area contributed by atoms with Crippen LogP contribution < -0.4 is 0 Å². The largest absolute Gasteiger partial charge is 0.0683 e. The molecule has 2 unspecified atom stereocenters. The van der Waals surface area contributed by atoms with Crippen molar-refractivity contribution in [3.63, 3.8) is 0 Å². The highest BCUT2D eigenvalue weighted by Crippen LogP contribution is 2.59. The lowest BCUT2D eigenvalue weighted by molar-refractivity contribution is 0.332. The lowest BCUT2D eigenvalue weighted by atomic mass is 9.89. The minimum Gasteiger partial charge on any atom is -0.0683 e. The van der Waals surface area contributed by atoms with Gasteiger partial charge in [-0.3, -0.25) is 0 Å². The molecule has 0 nitrogen and oxygen atoms in total. The summed E-state index contributed by atoms with van der Waals surface area (Å²) in [5, 5.41) is 0. The molecular weight excluding hydrogens is 156 g/mol. The Kier molecular flexibility index (Phi) is 4.28. The summed E-state index contributed by atoms with van der Waals surface area (Å²) in [5.74, 6) is 4.81. The van der Waals surface area contributed by atoms with Crippen molar-refractivity contribution in [2.45, 2.75) is 59.8 Å². The van der Waals surface area contributed by atoms with Gasteiger partial charge in [0.1, 0.15) is 0 Å². The summed E-state index contributed by atoms with van der Waals surface area (Å²) in [6.07, 6.45) is 8.02. The monoisotopic (exact) mass is 182 g/mol. The van der Waals surface area contributed by atoms with E-state index >= 15 is 0 Å². The van der Waals surface area contributed by atoms with E-state index in [1.165, 1.54) is 23.7 Å². The van der Waals surface area contributed by atoms with Gasteiger partial charge in [-0.1, -0.05) is 27.7 Å². The van der Waals surface area contributed by atoms with Crippen molar-refractivity contribution in [2.24, 2.45) is 23.7 Å². The molecule has 13 heavy (non-hydrogen) atoms. The summed E-state index contributed by atoms with van der Waals surface area (Å²) in [5.41, 5.74) is 0. The van der Waals surface area contributed by atoms with Crippen LogP contribution in [0.1, 0.15) is 59.8 Å². The maximum atomic E-state index is 2.00. The molecule has 0 heteroatoms. The van der Waals surface area contributed by atoms with Gasteiger partial charge in [-0.05, 0) is 55.8 Å². The Balaban J connectivity index is 0.000000191. The molecule has 3 rings (SSSR count). The third-order valence-electron chi connectivity index (χ3n) is 4.00. The minimum atomic E-state index is 1.19.